The zero-order chi connectivity index (χ0) is 41.5. The van der Waals surface area contributed by atoms with E-state index in [1.807, 2.05) is 0 Å². The monoisotopic (exact) mass is 832 g/mol. The fraction of sp³-hybridized carbons (Fsp3) is 0.870. The summed E-state index contributed by atoms with van der Waals surface area (Å²) in [6.45, 7) is 4.00. The van der Waals surface area contributed by atoms with Crippen molar-refractivity contribution in [2.75, 3.05) is 6.61 Å². The third-order valence-corrected chi connectivity index (χ3v) is 11.7. The van der Waals surface area contributed by atoms with Gasteiger partial charge in [0, 0.05) is 6.61 Å². The lowest BCUT2D eigenvalue weighted by Gasteiger charge is -2.31. The molecular formula is C46H89NO9S. The molecule has 0 aliphatic rings. The molecule has 338 valence electrons. The lowest BCUT2D eigenvalue weighted by molar-refractivity contribution is -0.143. The molecule has 11 heteroatoms. The quantitative estimate of drug-likeness (QED) is 0.0200. The number of aliphatic hydroxyl groups excluding tert-OH is 1. The number of allylic oxidation sites excluding steroid dienone is 4. The van der Waals surface area contributed by atoms with Crippen molar-refractivity contribution in [1.82, 2.24) is 6.15 Å². The van der Waals surface area contributed by atoms with E-state index < -0.39 is 52.8 Å². The number of aliphatic hydroxyl groups is 1. The zero-order valence-corrected chi connectivity index (χ0v) is 37.7. The topological polar surface area (TPSA) is 198 Å². The maximum absolute atomic E-state index is 12.4. The van der Waals surface area contributed by atoms with Crippen LogP contribution < -0.4 is 6.15 Å². The van der Waals surface area contributed by atoms with E-state index in [4.69, 9.17) is 4.18 Å². The Labute approximate surface area is 350 Å². The van der Waals surface area contributed by atoms with Crippen LogP contribution in [0.3, 0.4) is 0 Å². The van der Waals surface area contributed by atoms with Crippen molar-refractivity contribution >= 4 is 22.3 Å². The second-order valence-corrected chi connectivity index (χ2v) is 17.3. The zero-order valence-electron chi connectivity index (χ0n) is 36.9. The molecule has 7 N–H and O–H groups in total. The molecular weight excluding hydrogens is 743 g/mol. The Balaban J connectivity index is 0. The highest BCUT2D eigenvalue weighted by Gasteiger charge is 2.33. The first-order valence-corrected chi connectivity index (χ1v) is 24.4. The van der Waals surface area contributed by atoms with Crippen LogP contribution in [-0.4, -0.2) is 52.9 Å². The maximum atomic E-state index is 12.4. The van der Waals surface area contributed by atoms with Crippen LogP contribution in [0.1, 0.15) is 226 Å². The predicted molar refractivity (Wildman–Crippen MR) is 235 cm³/mol. The van der Waals surface area contributed by atoms with Crippen molar-refractivity contribution < 1.29 is 42.1 Å². The highest BCUT2D eigenvalue weighted by molar-refractivity contribution is 7.80. The summed E-state index contributed by atoms with van der Waals surface area (Å²) in [6, 6.07) is 0. The molecule has 0 heterocycles. The third kappa shape index (κ3) is 38.2. The molecule has 0 radical (unpaired) electrons. The van der Waals surface area contributed by atoms with E-state index in [1.54, 1.807) is 0 Å². The van der Waals surface area contributed by atoms with Gasteiger partial charge in [-0.05, 0) is 89.4 Å². The first kappa shape index (κ1) is 57.3. The molecule has 3 unspecified atom stereocenters. The number of unbranched alkanes of at least 4 members (excludes halogenated alkanes) is 24. The maximum Gasteiger partial charge on any atom is 0.306 e. The van der Waals surface area contributed by atoms with Gasteiger partial charge in [0.05, 0.1) is 17.9 Å². The normalized spacial score (nSPS) is 14.2. The lowest BCUT2D eigenvalue weighted by atomic mass is 9.79. The van der Waals surface area contributed by atoms with Gasteiger partial charge in [0.15, 0.2) is 0 Å². The number of quaternary nitrogens is 1. The van der Waals surface area contributed by atoms with Gasteiger partial charge >= 0.3 is 11.9 Å². The Morgan fingerprint density at radius 3 is 1.11 bits per heavy atom. The molecule has 0 fully saturated rings. The molecule has 0 aliphatic carbocycles. The van der Waals surface area contributed by atoms with Crippen molar-refractivity contribution in [3.63, 3.8) is 0 Å². The van der Waals surface area contributed by atoms with Gasteiger partial charge in [-0.3, -0.25) is 13.8 Å². The van der Waals surface area contributed by atoms with Gasteiger partial charge in [-0.1, -0.05) is 167 Å². The predicted octanol–water partition coefficient (Wildman–Crippen LogP) is 13.2. The van der Waals surface area contributed by atoms with Crippen LogP contribution in [0.15, 0.2) is 24.3 Å². The molecule has 57 heavy (non-hydrogen) atoms. The van der Waals surface area contributed by atoms with E-state index in [0.29, 0.717) is 25.7 Å². The van der Waals surface area contributed by atoms with Crippen LogP contribution in [-0.2, 0) is 24.2 Å². The Morgan fingerprint density at radius 1 is 0.526 bits per heavy atom. The molecule has 0 spiro atoms. The minimum absolute atomic E-state index is 0. The Morgan fingerprint density at radius 2 is 0.825 bits per heavy atom. The molecule has 0 rings (SSSR count). The number of hydrogen-bond acceptors (Lipinski definition) is 7. The van der Waals surface area contributed by atoms with E-state index in [9.17, 15) is 37.9 Å². The molecule has 0 aromatic carbocycles. The van der Waals surface area contributed by atoms with Crippen molar-refractivity contribution in [3.8, 4) is 0 Å². The molecule has 0 saturated heterocycles. The standard InChI is InChI=1S/C46H86O9S.H3N/c1-3-5-7-9-11-13-15-17-19-21-23-25-27-29-31-33-35-41(45(48)49)39-43(44(37-38-47)55-56(52,53)54)40-42(46(50)51)36-34-32-30-28-26-24-22-20-18-16-14-12-10-8-6-4-2;/h17-20,41-44,47H,3-16,21-40H2,1-2H3,(H,48,49)(H,50,51)(H,52,53,54);1H3/b19-17-,20-18-;. The summed E-state index contributed by atoms with van der Waals surface area (Å²) in [7, 11) is -5.16. The Bertz CT molecular complexity index is 1020. The minimum Gasteiger partial charge on any atom is -0.726 e. The van der Waals surface area contributed by atoms with Crippen LogP contribution in [0.5, 0.6) is 0 Å². The van der Waals surface area contributed by atoms with Crippen molar-refractivity contribution in [2.24, 2.45) is 17.8 Å². The van der Waals surface area contributed by atoms with Crippen LogP contribution in [0.4, 0.5) is 0 Å². The summed E-state index contributed by atoms with van der Waals surface area (Å²) in [4.78, 5) is 24.7. The Hall–Kier alpha value is -1.79. The SMILES string of the molecule is CCCCCCCC/C=C\CCCCCCCCC(CC(CC(CCCCCCCC/C=C\CCCCCCCC)C(=O)O)C(CCO)OS(=O)(=O)[O-])C(=O)O.[NH4+]. The number of hydrogen-bond donors (Lipinski definition) is 4. The number of carboxylic acids is 2. The second kappa shape index (κ2) is 41.0. The van der Waals surface area contributed by atoms with Crippen LogP contribution in [0.2, 0.25) is 0 Å². The number of carboxylic acid groups (broad SMARTS) is 2. The van der Waals surface area contributed by atoms with Gasteiger partial charge in [-0.25, -0.2) is 8.42 Å². The van der Waals surface area contributed by atoms with Crippen molar-refractivity contribution in [1.29, 1.82) is 0 Å². The average Bonchev–Trinajstić information content (AvgIpc) is 3.15. The number of aliphatic carboxylic acids is 2. The lowest BCUT2D eigenvalue weighted by Crippen LogP contribution is -2.34. The largest absolute Gasteiger partial charge is 0.726 e. The van der Waals surface area contributed by atoms with E-state index in [0.717, 1.165) is 89.9 Å². The highest BCUT2D eigenvalue weighted by Crippen LogP contribution is 2.33. The molecule has 0 bridgehead atoms. The van der Waals surface area contributed by atoms with Gasteiger partial charge < -0.3 is 26.0 Å². The summed E-state index contributed by atoms with van der Waals surface area (Å²) in [5.74, 6) is -4.56. The molecule has 0 aliphatic heterocycles. The number of carbonyl (C=O) groups is 2. The third-order valence-electron chi connectivity index (χ3n) is 11.2. The van der Waals surface area contributed by atoms with Gasteiger partial charge in [0.25, 0.3) is 0 Å². The molecule has 0 aromatic heterocycles. The van der Waals surface area contributed by atoms with E-state index in [1.165, 1.54) is 77.0 Å². The first-order valence-electron chi connectivity index (χ1n) is 23.1. The number of rotatable bonds is 43. The highest BCUT2D eigenvalue weighted by atomic mass is 32.3. The summed E-state index contributed by atoms with van der Waals surface area (Å²) in [6.07, 6.45) is 40.5. The summed E-state index contributed by atoms with van der Waals surface area (Å²) in [5, 5.41) is 29.9. The smallest absolute Gasteiger partial charge is 0.306 e. The molecule has 0 saturated carbocycles. The van der Waals surface area contributed by atoms with E-state index >= 15 is 0 Å². The first-order chi connectivity index (χ1) is 27.1. The van der Waals surface area contributed by atoms with E-state index in [2.05, 4.69) is 38.2 Å². The minimum atomic E-state index is -5.16. The summed E-state index contributed by atoms with van der Waals surface area (Å²) >= 11 is 0. The molecule has 10 nitrogen and oxygen atoms in total. The molecule has 0 aromatic rings. The van der Waals surface area contributed by atoms with Crippen molar-refractivity contribution in [3.05, 3.63) is 24.3 Å². The van der Waals surface area contributed by atoms with E-state index in [-0.39, 0.29) is 25.4 Å². The fourth-order valence-corrected chi connectivity index (χ4v) is 8.29. The van der Waals surface area contributed by atoms with Crippen LogP contribution in [0, 0.1) is 17.8 Å². The summed E-state index contributed by atoms with van der Waals surface area (Å²) < 4.78 is 39.7. The fourth-order valence-electron chi connectivity index (χ4n) is 7.73. The Kier molecular flexibility index (Phi) is 41.2. The van der Waals surface area contributed by atoms with Crippen LogP contribution in [0.25, 0.3) is 0 Å². The molecule has 3 atom stereocenters. The average molecular weight is 832 g/mol. The summed E-state index contributed by atoms with van der Waals surface area (Å²) in [5.41, 5.74) is 0. The van der Waals surface area contributed by atoms with Gasteiger partial charge in [0.1, 0.15) is 0 Å². The van der Waals surface area contributed by atoms with Gasteiger partial charge in [-0.2, -0.15) is 0 Å². The van der Waals surface area contributed by atoms with Crippen LogP contribution >= 0.6 is 0 Å². The van der Waals surface area contributed by atoms with Crippen molar-refractivity contribution in [2.45, 2.75) is 232 Å². The van der Waals surface area contributed by atoms with Gasteiger partial charge in [0.2, 0.25) is 10.4 Å². The molecule has 0 amide bonds. The second-order valence-electron chi connectivity index (χ2n) is 16.3. The van der Waals surface area contributed by atoms with Gasteiger partial charge in [-0.15, -0.1) is 0 Å².